The molecular formula is C27H26N8O2. The Balaban J connectivity index is 1.82. The molecule has 0 unspecified atom stereocenters. The van der Waals surface area contributed by atoms with Gasteiger partial charge in [0.15, 0.2) is 11.2 Å². The van der Waals surface area contributed by atoms with Crippen LogP contribution in [0.5, 0.6) is 0 Å². The van der Waals surface area contributed by atoms with Crippen molar-refractivity contribution in [2.24, 2.45) is 5.73 Å². The lowest BCUT2D eigenvalue weighted by Crippen LogP contribution is -2.44. The van der Waals surface area contributed by atoms with E-state index in [1.165, 1.54) is 10.8 Å². The summed E-state index contributed by atoms with van der Waals surface area (Å²) >= 11 is 0. The van der Waals surface area contributed by atoms with Gasteiger partial charge in [0.2, 0.25) is 5.95 Å². The fourth-order valence-corrected chi connectivity index (χ4v) is 4.73. The normalized spacial score (nSPS) is 15.3. The molecule has 4 heterocycles. The van der Waals surface area contributed by atoms with Crippen molar-refractivity contribution in [1.82, 2.24) is 23.7 Å². The van der Waals surface area contributed by atoms with Crippen LogP contribution in [0.2, 0.25) is 0 Å². The van der Waals surface area contributed by atoms with Gasteiger partial charge in [-0.1, -0.05) is 24.1 Å². The molecule has 1 aliphatic heterocycles. The van der Waals surface area contributed by atoms with Crippen LogP contribution in [-0.2, 0) is 13.1 Å². The van der Waals surface area contributed by atoms with Crippen molar-refractivity contribution < 1.29 is 0 Å². The first-order valence-corrected chi connectivity index (χ1v) is 12.1. The lowest BCUT2D eigenvalue weighted by Gasteiger charge is -2.31. The van der Waals surface area contributed by atoms with Gasteiger partial charge in [-0.05, 0) is 43.5 Å². The summed E-state index contributed by atoms with van der Waals surface area (Å²) < 4.78 is 4.41. The third-order valence-electron chi connectivity index (χ3n) is 6.44. The smallest absolute Gasteiger partial charge is 0.337 e. The van der Waals surface area contributed by atoms with E-state index in [9.17, 15) is 14.9 Å². The summed E-state index contributed by atoms with van der Waals surface area (Å²) in [6.45, 7) is 3.27. The Morgan fingerprint density at radius 1 is 1.16 bits per heavy atom. The van der Waals surface area contributed by atoms with Gasteiger partial charge in [0.05, 0.1) is 24.3 Å². The van der Waals surface area contributed by atoms with E-state index in [0.29, 0.717) is 29.3 Å². The van der Waals surface area contributed by atoms with Crippen molar-refractivity contribution in [3.05, 3.63) is 80.8 Å². The molecule has 1 aromatic carbocycles. The van der Waals surface area contributed by atoms with Gasteiger partial charge in [-0.3, -0.25) is 18.9 Å². The highest BCUT2D eigenvalue weighted by Crippen LogP contribution is 2.24. The molecule has 0 bridgehead atoms. The number of pyridine rings is 1. The van der Waals surface area contributed by atoms with Crippen molar-refractivity contribution in [3.8, 4) is 23.6 Å². The van der Waals surface area contributed by atoms with Crippen molar-refractivity contribution in [3.63, 3.8) is 0 Å². The largest absolute Gasteiger partial charge is 0.341 e. The van der Waals surface area contributed by atoms with Gasteiger partial charge in [-0.2, -0.15) is 10.2 Å². The third kappa shape index (κ3) is 4.51. The number of nitrogens with zero attached hydrogens (tertiary/aromatic N) is 7. The number of nitrogens with two attached hydrogens (primary N) is 1. The molecule has 10 nitrogen and oxygen atoms in total. The highest BCUT2D eigenvalue weighted by molar-refractivity contribution is 5.76. The fourth-order valence-electron chi connectivity index (χ4n) is 4.73. The van der Waals surface area contributed by atoms with Gasteiger partial charge in [0.25, 0.3) is 5.56 Å². The highest BCUT2D eigenvalue weighted by Gasteiger charge is 2.27. The van der Waals surface area contributed by atoms with E-state index in [2.05, 4.69) is 21.7 Å². The molecule has 4 aromatic rings. The zero-order chi connectivity index (χ0) is 25.9. The van der Waals surface area contributed by atoms with E-state index in [-0.39, 0.29) is 30.3 Å². The highest BCUT2D eigenvalue weighted by atomic mass is 16.2. The molecule has 186 valence electrons. The molecule has 37 heavy (non-hydrogen) atoms. The van der Waals surface area contributed by atoms with Gasteiger partial charge >= 0.3 is 5.69 Å². The summed E-state index contributed by atoms with van der Waals surface area (Å²) in [7, 11) is 0. The second kappa shape index (κ2) is 10.1. The number of para-hydroxylation sites is 1. The van der Waals surface area contributed by atoms with Gasteiger partial charge in [-0.25, -0.2) is 9.36 Å². The molecule has 5 rings (SSSR count). The maximum absolute atomic E-state index is 13.9. The van der Waals surface area contributed by atoms with Gasteiger partial charge < -0.3 is 10.6 Å². The minimum atomic E-state index is -0.529. The minimum Gasteiger partial charge on any atom is -0.341 e. The fraction of sp³-hybridized carbons (Fsp3) is 0.296. The van der Waals surface area contributed by atoms with Crippen LogP contribution in [0.1, 0.15) is 30.9 Å². The van der Waals surface area contributed by atoms with E-state index >= 15 is 0 Å². The Bertz CT molecular complexity index is 1680. The molecule has 1 saturated heterocycles. The summed E-state index contributed by atoms with van der Waals surface area (Å²) in [6.07, 6.45) is 4.81. The number of hydrogen-bond donors (Lipinski definition) is 1. The van der Waals surface area contributed by atoms with Crippen LogP contribution in [0.25, 0.3) is 16.9 Å². The Morgan fingerprint density at radius 2 is 1.97 bits per heavy atom. The molecule has 1 fully saturated rings. The molecule has 0 radical (unpaired) electrons. The number of imidazole rings is 1. The standard InChI is InChI=1S/C27H26N8O2/c1-2-3-12-33-23-24(31-26(33)32-11-7-8-21(29)18-32)35(22-9-5-4-6-10-22)27(37)34(25(23)36)17-20-13-19(14-28)15-30-16-20/h4-6,9-10,13,15-16,21H,7-8,11-12,17-18,29H2,1H3/t21-/m1/s1. The number of anilines is 1. The van der Waals surface area contributed by atoms with Crippen molar-refractivity contribution >= 4 is 17.1 Å². The molecular weight excluding hydrogens is 468 g/mol. The lowest BCUT2D eigenvalue weighted by molar-refractivity contribution is 0.496. The SMILES string of the molecule is CC#CCn1c(N2CCC[C@@H](N)C2)nc2c1c(=O)n(Cc1cncc(C#N)c1)c(=O)n2-c1ccccc1. The minimum absolute atomic E-state index is 0.00726. The van der Waals surface area contributed by atoms with E-state index < -0.39 is 11.2 Å². The number of hydrogen-bond acceptors (Lipinski definition) is 7. The molecule has 1 aliphatic rings. The molecule has 10 heteroatoms. The lowest BCUT2D eigenvalue weighted by atomic mass is 10.1. The Hall–Kier alpha value is -4.67. The summed E-state index contributed by atoms with van der Waals surface area (Å²) in [6, 6.07) is 12.8. The molecule has 0 saturated carbocycles. The number of benzene rings is 1. The van der Waals surface area contributed by atoms with Crippen LogP contribution < -0.4 is 21.9 Å². The van der Waals surface area contributed by atoms with Gasteiger partial charge in [0, 0.05) is 31.5 Å². The zero-order valence-electron chi connectivity index (χ0n) is 20.5. The molecule has 1 atom stereocenters. The molecule has 3 aromatic heterocycles. The summed E-state index contributed by atoms with van der Waals surface area (Å²) in [4.78, 5) is 38.8. The summed E-state index contributed by atoms with van der Waals surface area (Å²) in [5.41, 5.74) is 7.31. The van der Waals surface area contributed by atoms with Crippen molar-refractivity contribution in [2.75, 3.05) is 18.0 Å². The predicted octanol–water partition coefficient (Wildman–Crippen LogP) is 1.61. The Labute approximate surface area is 213 Å². The predicted molar refractivity (Wildman–Crippen MR) is 141 cm³/mol. The third-order valence-corrected chi connectivity index (χ3v) is 6.44. The summed E-state index contributed by atoms with van der Waals surface area (Å²) in [5, 5.41) is 9.27. The summed E-state index contributed by atoms with van der Waals surface area (Å²) in [5.74, 6) is 6.52. The quantitative estimate of drug-likeness (QED) is 0.418. The van der Waals surface area contributed by atoms with Gasteiger partial charge in [0.1, 0.15) is 6.07 Å². The zero-order valence-corrected chi connectivity index (χ0v) is 20.5. The van der Waals surface area contributed by atoms with Crippen molar-refractivity contribution in [1.29, 1.82) is 5.26 Å². The average Bonchev–Trinajstić information content (AvgIpc) is 3.30. The van der Waals surface area contributed by atoms with Crippen LogP contribution in [0.3, 0.4) is 0 Å². The van der Waals surface area contributed by atoms with E-state index in [0.717, 1.165) is 24.0 Å². The molecule has 0 spiro atoms. The number of rotatable bonds is 5. The van der Waals surface area contributed by atoms with Crippen LogP contribution in [0, 0.1) is 23.2 Å². The molecule has 2 N–H and O–H groups in total. The maximum Gasteiger partial charge on any atom is 0.337 e. The van der Waals surface area contributed by atoms with Crippen LogP contribution in [-0.4, -0.2) is 42.8 Å². The topological polar surface area (TPSA) is 128 Å². The van der Waals surface area contributed by atoms with E-state index in [1.807, 2.05) is 24.3 Å². The maximum atomic E-state index is 13.9. The first-order chi connectivity index (χ1) is 18.0. The number of aromatic nitrogens is 5. The van der Waals surface area contributed by atoms with Crippen molar-refractivity contribution in [2.45, 2.75) is 38.9 Å². The first kappa shape index (κ1) is 24.0. The van der Waals surface area contributed by atoms with Gasteiger partial charge in [-0.15, -0.1) is 5.92 Å². The van der Waals surface area contributed by atoms with Crippen LogP contribution in [0.4, 0.5) is 5.95 Å². The van der Waals surface area contributed by atoms with E-state index in [4.69, 9.17) is 10.7 Å². The molecule has 0 amide bonds. The van der Waals surface area contributed by atoms with E-state index in [1.54, 1.807) is 35.9 Å². The Morgan fingerprint density at radius 3 is 2.70 bits per heavy atom. The number of fused-ring (bicyclic) bond motifs is 1. The number of piperidine rings is 1. The van der Waals surface area contributed by atoms with Crippen LogP contribution in [0.15, 0.2) is 58.4 Å². The number of nitriles is 1. The van der Waals surface area contributed by atoms with Crippen LogP contribution >= 0.6 is 0 Å². The average molecular weight is 495 g/mol. The Kier molecular flexibility index (Phi) is 6.59. The second-order valence-electron chi connectivity index (χ2n) is 8.98. The second-order valence-corrected chi connectivity index (χ2v) is 8.98. The first-order valence-electron chi connectivity index (χ1n) is 12.1. The molecule has 0 aliphatic carbocycles. The monoisotopic (exact) mass is 494 g/mol.